The summed E-state index contributed by atoms with van der Waals surface area (Å²) in [5, 5.41) is 21.1. The summed E-state index contributed by atoms with van der Waals surface area (Å²) >= 11 is 6.63. The largest absolute Gasteiger partial charge is 0.380 e. The van der Waals surface area contributed by atoms with Crippen molar-refractivity contribution in [3.05, 3.63) is 82.9 Å². The minimum absolute atomic E-state index is 0.457. The van der Waals surface area contributed by atoms with Crippen LogP contribution in [-0.4, -0.2) is 15.1 Å². The van der Waals surface area contributed by atoms with Crippen LogP contribution in [0.3, 0.4) is 0 Å². The third-order valence-corrected chi connectivity index (χ3v) is 5.08. The van der Waals surface area contributed by atoms with Gasteiger partial charge in [-0.1, -0.05) is 56.6 Å². The number of hydrogen-bond acceptors (Lipinski definition) is 4. The van der Waals surface area contributed by atoms with Crippen LogP contribution in [0.25, 0.3) is 11.1 Å². The summed E-state index contributed by atoms with van der Waals surface area (Å²) in [6, 6.07) is 15.0. The van der Waals surface area contributed by atoms with Gasteiger partial charge in [0.15, 0.2) is 0 Å². The van der Waals surface area contributed by atoms with Gasteiger partial charge in [0.05, 0.1) is 11.6 Å². The van der Waals surface area contributed by atoms with Gasteiger partial charge in [-0.25, -0.2) is 9.97 Å². The first-order valence-corrected chi connectivity index (χ1v) is 8.93. The van der Waals surface area contributed by atoms with Gasteiger partial charge in [-0.15, -0.1) is 0 Å². The zero-order valence-corrected chi connectivity index (χ0v) is 16.2. The van der Waals surface area contributed by atoms with Crippen LogP contribution in [0.15, 0.2) is 61.2 Å². The molecule has 0 aliphatic carbocycles. The molecule has 27 heavy (non-hydrogen) atoms. The Hall–Kier alpha value is -2.74. The Morgan fingerprint density at radius 2 is 1.56 bits per heavy atom. The molecular formula is C22H20ClN3O. The number of rotatable bonds is 3. The van der Waals surface area contributed by atoms with E-state index >= 15 is 0 Å². The summed E-state index contributed by atoms with van der Waals surface area (Å²) < 4.78 is 0. The van der Waals surface area contributed by atoms with Crippen LogP contribution in [0.4, 0.5) is 0 Å². The molecule has 1 aromatic heterocycles. The number of halogens is 1. The SMILES string of the molecule is CC(C)(C)C(O)(c1cncnc1)c1ccc(-c2ccc(C#N)cc2)cc1Cl. The molecule has 5 heteroatoms. The van der Waals surface area contributed by atoms with E-state index in [-0.39, 0.29) is 0 Å². The highest BCUT2D eigenvalue weighted by molar-refractivity contribution is 6.31. The molecule has 1 heterocycles. The maximum absolute atomic E-state index is 11.7. The molecule has 3 aromatic rings. The maximum Gasteiger partial charge on any atom is 0.124 e. The molecule has 0 saturated heterocycles. The van der Waals surface area contributed by atoms with Crippen LogP contribution in [0.5, 0.6) is 0 Å². The Labute approximate surface area is 164 Å². The van der Waals surface area contributed by atoms with Crippen molar-refractivity contribution >= 4 is 11.6 Å². The lowest BCUT2D eigenvalue weighted by Crippen LogP contribution is -2.41. The fraction of sp³-hybridized carbons (Fsp3) is 0.227. The topological polar surface area (TPSA) is 69.8 Å². The lowest BCUT2D eigenvalue weighted by atomic mass is 9.69. The Balaban J connectivity index is 2.11. The van der Waals surface area contributed by atoms with Crippen LogP contribution in [0.1, 0.15) is 37.5 Å². The van der Waals surface area contributed by atoms with Gasteiger partial charge < -0.3 is 5.11 Å². The summed E-state index contributed by atoms with van der Waals surface area (Å²) in [5.74, 6) is 0. The fourth-order valence-electron chi connectivity index (χ4n) is 3.20. The average Bonchev–Trinajstić information content (AvgIpc) is 2.67. The summed E-state index contributed by atoms with van der Waals surface area (Å²) in [6.45, 7) is 5.85. The molecule has 1 atom stereocenters. The number of nitriles is 1. The maximum atomic E-state index is 11.7. The summed E-state index contributed by atoms with van der Waals surface area (Å²) in [7, 11) is 0. The third kappa shape index (κ3) is 3.44. The normalized spacial score (nSPS) is 13.6. The van der Waals surface area contributed by atoms with E-state index in [1.165, 1.54) is 6.33 Å². The van der Waals surface area contributed by atoms with Gasteiger partial charge in [-0.2, -0.15) is 5.26 Å². The highest BCUT2D eigenvalue weighted by atomic mass is 35.5. The van der Waals surface area contributed by atoms with Gasteiger partial charge in [-0.05, 0) is 34.7 Å². The van der Waals surface area contributed by atoms with Crippen molar-refractivity contribution in [2.24, 2.45) is 5.41 Å². The van der Waals surface area contributed by atoms with Crippen molar-refractivity contribution in [1.82, 2.24) is 9.97 Å². The third-order valence-electron chi connectivity index (χ3n) is 4.77. The first-order valence-electron chi connectivity index (χ1n) is 8.56. The molecule has 2 aromatic carbocycles. The molecule has 0 aliphatic heterocycles. The number of nitrogens with zero attached hydrogens (tertiary/aromatic N) is 3. The van der Waals surface area contributed by atoms with Crippen LogP contribution in [-0.2, 0) is 5.60 Å². The quantitative estimate of drug-likeness (QED) is 0.701. The lowest BCUT2D eigenvalue weighted by molar-refractivity contribution is -0.0264. The second kappa shape index (κ2) is 7.11. The van der Waals surface area contributed by atoms with Gasteiger partial charge in [0.25, 0.3) is 0 Å². The van der Waals surface area contributed by atoms with Crippen molar-refractivity contribution in [3.8, 4) is 17.2 Å². The molecule has 0 saturated carbocycles. The summed E-state index contributed by atoms with van der Waals surface area (Å²) in [4.78, 5) is 8.12. The average molecular weight is 378 g/mol. The molecule has 0 aliphatic rings. The molecule has 0 spiro atoms. The second-order valence-corrected chi connectivity index (χ2v) is 7.88. The molecular weight excluding hydrogens is 358 g/mol. The molecule has 136 valence electrons. The van der Waals surface area contributed by atoms with Crippen LogP contribution >= 0.6 is 11.6 Å². The second-order valence-electron chi connectivity index (χ2n) is 7.47. The zero-order chi connectivity index (χ0) is 19.7. The summed E-state index contributed by atoms with van der Waals surface area (Å²) in [6.07, 6.45) is 4.66. The molecule has 0 amide bonds. The standard InChI is InChI=1S/C22H20ClN3O/c1-21(2,3)22(27,18-12-25-14-26-13-18)19-9-8-17(10-20(19)23)16-6-4-15(11-24)5-7-16/h4-10,12-14,27H,1-3H3. The van der Waals surface area contributed by atoms with Crippen molar-refractivity contribution in [2.45, 2.75) is 26.4 Å². The van der Waals surface area contributed by atoms with Crippen molar-refractivity contribution in [2.75, 3.05) is 0 Å². The molecule has 1 unspecified atom stereocenters. The van der Waals surface area contributed by atoms with Gasteiger partial charge in [0.2, 0.25) is 0 Å². The van der Waals surface area contributed by atoms with E-state index in [0.717, 1.165) is 11.1 Å². The molecule has 1 N–H and O–H groups in total. The first-order chi connectivity index (χ1) is 12.8. The van der Waals surface area contributed by atoms with E-state index in [9.17, 15) is 5.11 Å². The zero-order valence-electron chi connectivity index (χ0n) is 15.4. The monoisotopic (exact) mass is 377 g/mol. The van der Waals surface area contributed by atoms with Crippen LogP contribution in [0, 0.1) is 16.7 Å². The molecule has 0 radical (unpaired) electrons. The number of hydrogen-bond donors (Lipinski definition) is 1. The molecule has 3 rings (SSSR count). The molecule has 0 bridgehead atoms. The first kappa shape index (κ1) is 19.0. The number of aliphatic hydroxyl groups is 1. The van der Waals surface area contributed by atoms with E-state index in [4.69, 9.17) is 16.9 Å². The van der Waals surface area contributed by atoms with E-state index in [2.05, 4.69) is 16.0 Å². The van der Waals surface area contributed by atoms with Crippen LogP contribution in [0.2, 0.25) is 5.02 Å². The van der Waals surface area contributed by atoms with E-state index in [0.29, 0.717) is 21.7 Å². The Morgan fingerprint density at radius 1 is 0.963 bits per heavy atom. The Kier molecular flexibility index (Phi) is 5.01. The number of benzene rings is 2. The minimum atomic E-state index is -1.35. The van der Waals surface area contributed by atoms with Crippen molar-refractivity contribution < 1.29 is 5.11 Å². The number of aromatic nitrogens is 2. The highest BCUT2D eigenvalue weighted by Gasteiger charge is 2.45. The van der Waals surface area contributed by atoms with E-state index in [1.807, 2.05) is 51.1 Å². The predicted octanol–water partition coefficient (Wildman–Crippen LogP) is 4.95. The fourth-order valence-corrected chi connectivity index (χ4v) is 3.52. The summed E-state index contributed by atoms with van der Waals surface area (Å²) in [5.41, 5.74) is 1.76. The van der Waals surface area contributed by atoms with Crippen molar-refractivity contribution in [3.63, 3.8) is 0 Å². The van der Waals surface area contributed by atoms with Gasteiger partial charge in [0, 0.05) is 28.5 Å². The van der Waals surface area contributed by atoms with Gasteiger partial charge in [0.1, 0.15) is 11.9 Å². The molecule has 4 nitrogen and oxygen atoms in total. The minimum Gasteiger partial charge on any atom is -0.380 e. The highest BCUT2D eigenvalue weighted by Crippen LogP contribution is 2.47. The Morgan fingerprint density at radius 3 is 2.07 bits per heavy atom. The van der Waals surface area contributed by atoms with E-state index < -0.39 is 11.0 Å². The lowest BCUT2D eigenvalue weighted by Gasteiger charge is -2.41. The smallest absolute Gasteiger partial charge is 0.124 e. The van der Waals surface area contributed by atoms with Gasteiger partial charge in [-0.3, -0.25) is 0 Å². The Bertz CT molecular complexity index is 989. The predicted molar refractivity (Wildman–Crippen MR) is 106 cm³/mol. The van der Waals surface area contributed by atoms with Gasteiger partial charge >= 0.3 is 0 Å². The van der Waals surface area contributed by atoms with Crippen LogP contribution < -0.4 is 0 Å². The van der Waals surface area contributed by atoms with E-state index in [1.54, 1.807) is 24.5 Å². The van der Waals surface area contributed by atoms with Crippen molar-refractivity contribution in [1.29, 1.82) is 5.26 Å². The molecule has 0 fully saturated rings.